The number of hydrogen-bond acceptors (Lipinski definition) is 3. The Labute approximate surface area is 139 Å². The van der Waals surface area contributed by atoms with E-state index in [0.717, 1.165) is 0 Å². The van der Waals surface area contributed by atoms with Crippen LogP contribution in [0.4, 0.5) is 0 Å². The molecule has 3 heteroatoms. The smallest absolute Gasteiger partial charge is 0.169 e. The maximum absolute atomic E-state index is 5.44. The number of benzene rings is 2. The SMILES string of the molecule is COC(CN([C@H](C)c1ccccc1)[C@H](C)c1ccccc1)OC. The first-order chi connectivity index (χ1) is 11.2. The molecule has 0 radical (unpaired) electrons. The number of ether oxygens (including phenoxy) is 2. The van der Waals surface area contributed by atoms with Crippen LogP contribution in [0.15, 0.2) is 60.7 Å². The first-order valence-electron chi connectivity index (χ1n) is 8.08. The predicted octanol–water partition coefficient (Wildman–Crippen LogP) is 4.43. The summed E-state index contributed by atoms with van der Waals surface area (Å²) in [7, 11) is 3.37. The van der Waals surface area contributed by atoms with Crippen LogP contribution in [-0.2, 0) is 9.47 Å². The van der Waals surface area contributed by atoms with Crippen molar-refractivity contribution in [2.75, 3.05) is 20.8 Å². The van der Waals surface area contributed by atoms with Gasteiger partial charge >= 0.3 is 0 Å². The van der Waals surface area contributed by atoms with Crippen molar-refractivity contribution < 1.29 is 9.47 Å². The first-order valence-corrected chi connectivity index (χ1v) is 8.08. The maximum Gasteiger partial charge on any atom is 0.169 e. The van der Waals surface area contributed by atoms with E-state index in [-0.39, 0.29) is 18.4 Å². The molecule has 2 aromatic rings. The van der Waals surface area contributed by atoms with Crippen molar-refractivity contribution in [3.8, 4) is 0 Å². The summed E-state index contributed by atoms with van der Waals surface area (Å²) in [5.41, 5.74) is 2.59. The van der Waals surface area contributed by atoms with Gasteiger partial charge in [0.15, 0.2) is 6.29 Å². The maximum atomic E-state index is 5.44. The Hall–Kier alpha value is -1.68. The van der Waals surface area contributed by atoms with Gasteiger partial charge in [-0.05, 0) is 25.0 Å². The summed E-state index contributed by atoms with van der Waals surface area (Å²) in [5.74, 6) is 0. The second-order valence-electron chi connectivity index (χ2n) is 5.77. The van der Waals surface area contributed by atoms with Crippen LogP contribution in [0.5, 0.6) is 0 Å². The third-order valence-electron chi connectivity index (χ3n) is 4.44. The van der Waals surface area contributed by atoms with E-state index >= 15 is 0 Å². The number of rotatable bonds is 8. The van der Waals surface area contributed by atoms with Crippen LogP contribution in [0, 0.1) is 0 Å². The third-order valence-corrected chi connectivity index (χ3v) is 4.44. The molecule has 2 rings (SSSR count). The van der Waals surface area contributed by atoms with Gasteiger partial charge in [-0.2, -0.15) is 0 Å². The van der Waals surface area contributed by atoms with Crippen LogP contribution < -0.4 is 0 Å². The van der Waals surface area contributed by atoms with Crippen molar-refractivity contribution in [2.24, 2.45) is 0 Å². The monoisotopic (exact) mass is 313 g/mol. The van der Waals surface area contributed by atoms with Gasteiger partial charge in [0.2, 0.25) is 0 Å². The lowest BCUT2D eigenvalue weighted by atomic mass is 10.0. The molecule has 2 aromatic carbocycles. The zero-order valence-corrected chi connectivity index (χ0v) is 14.5. The molecule has 2 atom stereocenters. The zero-order chi connectivity index (χ0) is 16.7. The van der Waals surface area contributed by atoms with Gasteiger partial charge in [-0.15, -0.1) is 0 Å². The molecule has 0 bridgehead atoms. The van der Waals surface area contributed by atoms with Crippen molar-refractivity contribution in [1.29, 1.82) is 0 Å². The molecule has 0 unspecified atom stereocenters. The highest BCUT2D eigenvalue weighted by Crippen LogP contribution is 2.30. The Morgan fingerprint density at radius 3 is 1.48 bits per heavy atom. The van der Waals surface area contributed by atoms with Crippen LogP contribution in [0.1, 0.15) is 37.1 Å². The molecule has 0 aliphatic heterocycles. The lowest BCUT2D eigenvalue weighted by molar-refractivity contribution is -0.125. The molecule has 124 valence electrons. The van der Waals surface area contributed by atoms with Crippen LogP contribution in [0.3, 0.4) is 0 Å². The van der Waals surface area contributed by atoms with Gasteiger partial charge in [0.25, 0.3) is 0 Å². The van der Waals surface area contributed by atoms with Crippen LogP contribution in [-0.4, -0.2) is 32.0 Å². The Kier molecular flexibility index (Phi) is 6.78. The molecule has 0 N–H and O–H groups in total. The Morgan fingerprint density at radius 2 is 1.13 bits per heavy atom. The average molecular weight is 313 g/mol. The highest BCUT2D eigenvalue weighted by molar-refractivity contribution is 5.22. The minimum absolute atomic E-state index is 0.243. The van der Waals surface area contributed by atoms with Crippen molar-refractivity contribution in [3.05, 3.63) is 71.8 Å². The fourth-order valence-corrected chi connectivity index (χ4v) is 2.92. The molecule has 0 aliphatic carbocycles. The highest BCUT2D eigenvalue weighted by atomic mass is 16.7. The number of hydrogen-bond donors (Lipinski definition) is 0. The molecule has 0 fully saturated rings. The van der Waals surface area contributed by atoms with E-state index in [4.69, 9.17) is 9.47 Å². The topological polar surface area (TPSA) is 21.7 Å². The molecule has 0 saturated heterocycles. The van der Waals surface area contributed by atoms with Crippen molar-refractivity contribution in [1.82, 2.24) is 4.90 Å². The van der Waals surface area contributed by atoms with Gasteiger partial charge in [-0.1, -0.05) is 60.7 Å². The second kappa shape index (κ2) is 8.82. The van der Waals surface area contributed by atoms with E-state index in [1.807, 2.05) is 12.1 Å². The second-order valence-corrected chi connectivity index (χ2v) is 5.77. The quantitative estimate of drug-likeness (QED) is 0.673. The molecule has 3 nitrogen and oxygen atoms in total. The van der Waals surface area contributed by atoms with Gasteiger partial charge in [-0.25, -0.2) is 0 Å². The summed E-state index contributed by atoms with van der Waals surface area (Å²) >= 11 is 0. The average Bonchev–Trinajstić information content (AvgIpc) is 2.63. The standard InChI is InChI=1S/C20H27NO2/c1-16(18-11-7-5-8-12-18)21(15-20(22-3)23-4)17(2)19-13-9-6-10-14-19/h5-14,16-17,20H,15H2,1-4H3/t16-,17-/m1/s1. The van der Waals surface area contributed by atoms with E-state index in [0.29, 0.717) is 6.54 Å². The summed E-state index contributed by atoms with van der Waals surface area (Å²) in [5, 5.41) is 0. The van der Waals surface area contributed by atoms with Gasteiger partial charge in [-0.3, -0.25) is 4.90 Å². The Balaban J connectivity index is 2.27. The fraction of sp³-hybridized carbons (Fsp3) is 0.400. The zero-order valence-electron chi connectivity index (χ0n) is 14.5. The predicted molar refractivity (Wildman–Crippen MR) is 94.2 cm³/mol. The van der Waals surface area contributed by atoms with Crippen LogP contribution in [0.2, 0.25) is 0 Å². The minimum Gasteiger partial charge on any atom is -0.355 e. The van der Waals surface area contributed by atoms with E-state index in [9.17, 15) is 0 Å². The lowest BCUT2D eigenvalue weighted by Gasteiger charge is -2.37. The largest absolute Gasteiger partial charge is 0.355 e. The Morgan fingerprint density at radius 1 is 0.739 bits per heavy atom. The molecular weight excluding hydrogens is 286 g/mol. The first kappa shape index (κ1) is 17.7. The summed E-state index contributed by atoms with van der Waals surface area (Å²) in [6, 6.07) is 21.6. The van der Waals surface area contributed by atoms with Gasteiger partial charge in [0.1, 0.15) is 0 Å². The van der Waals surface area contributed by atoms with Gasteiger partial charge in [0.05, 0.1) is 6.54 Å². The van der Waals surface area contributed by atoms with Crippen LogP contribution in [0.25, 0.3) is 0 Å². The van der Waals surface area contributed by atoms with Gasteiger partial charge < -0.3 is 9.47 Å². The summed E-state index contributed by atoms with van der Waals surface area (Å²) in [6.45, 7) is 5.17. The summed E-state index contributed by atoms with van der Waals surface area (Å²) in [4.78, 5) is 2.42. The van der Waals surface area contributed by atoms with Crippen molar-refractivity contribution >= 4 is 0 Å². The molecular formula is C20H27NO2. The van der Waals surface area contributed by atoms with E-state index in [2.05, 4.69) is 67.3 Å². The normalized spacial score (nSPS) is 14.2. The molecule has 0 heterocycles. The number of nitrogens with zero attached hydrogens (tertiary/aromatic N) is 1. The van der Waals surface area contributed by atoms with Gasteiger partial charge in [0, 0.05) is 26.3 Å². The number of methoxy groups -OCH3 is 2. The fourth-order valence-electron chi connectivity index (χ4n) is 2.92. The van der Waals surface area contributed by atoms with Crippen LogP contribution >= 0.6 is 0 Å². The van der Waals surface area contributed by atoms with Crippen molar-refractivity contribution in [2.45, 2.75) is 32.2 Å². The van der Waals surface area contributed by atoms with E-state index in [1.54, 1.807) is 14.2 Å². The van der Waals surface area contributed by atoms with Crippen molar-refractivity contribution in [3.63, 3.8) is 0 Å². The Bertz CT molecular complexity index is 509. The molecule has 0 aliphatic rings. The van der Waals surface area contributed by atoms with E-state index < -0.39 is 0 Å². The highest BCUT2D eigenvalue weighted by Gasteiger charge is 2.25. The summed E-state index contributed by atoms with van der Waals surface area (Å²) in [6.07, 6.45) is -0.243. The molecule has 23 heavy (non-hydrogen) atoms. The minimum atomic E-state index is -0.243. The van der Waals surface area contributed by atoms with E-state index in [1.165, 1.54) is 11.1 Å². The molecule has 0 spiro atoms. The third kappa shape index (κ3) is 4.64. The summed E-state index contributed by atoms with van der Waals surface area (Å²) < 4.78 is 10.9. The molecule has 0 amide bonds. The molecule has 0 aromatic heterocycles. The molecule has 0 saturated carbocycles. The lowest BCUT2D eigenvalue weighted by Crippen LogP contribution is -2.38.